The standard InChI is InChI=1S/C34H34F2/c1-3-4-6-11-32-33(35)23-28(24-34(32)36)13-12-26-14-18-30(19-15-26)31-20-16-27(17-21-31)22-25(2)29-9-7-5-8-10-29/h3-5,7-10,14-21,23-25H,6,11-13,22H2,1-2H3/b4-3+/t25-/m0/s1. The highest BCUT2D eigenvalue weighted by atomic mass is 19.1. The Morgan fingerprint density at radius 3 is 1.81 bits per heavy atom. The molecule has 0 saturated heterocycles. The van der Waals surface area contributed by atoms with E-state index in [2.05, 4.69) is 85.8 Å². The molecule has 0 aromatic heterocycles. The second kappa shape index (κ2) is 12.4. The van der Waals surface area contributed by atoms with Crippen LogP contribution in [0, 0.1) is 11.6 Å². The largest absolute Gasteiger partial charge is 0.207 e. The Morgan fingerprint density at radius 2 is 1.22 bits per heavy atom. The topological polar surface area (TPSA) is 0 Å². The van der Waals surface area contributed by atoms with Crippen molar-refractivity contribution < 1.29 is 8.78 Å². The molecule has 0 fully saturated rings. The molecule has 0 unspecified atom stereocenters. The van der Waals surface area contributed by atoms with Gasteiger partial charge in [0, 0.05) is 5.56 Å². The molecule has 184 valence electrons. The minimum Gasteiger partial charge on any atom is -0.207 e. The van der Waals surface area contributed by atoms with E-state index < -0.39 is 11.6 Å². The number of rotatable bonds is 10. The summed E-state index contributed by atoms with van der Waals surface area (Å²) in [5.41, 5.74) is 7.09. The molecule has 0 aliphatic carbocycles. The van der Waals surface area contributed by atoms with Gasteiger partial charge < -0.3 is 0 Å². The number of halogens is 2. The Morgan fingerprint density at radius 1 is 0.667 bits per heavy atom. The van der Waals surface area contributed by atoms with Gasteiger partial charge in [0.05, 0.1) is 0 Å². The molecule has 0 heterocycles. The fourth-order valence-corrected chi connectivity index (χ4v) is 4.67. The van der Waals surface area contributed by atoms with E-state index in [0.717, 1.165) is 18.4 Å². The van der Waals surface area contributed by atoms with Crippen molar-refractivity contribution in [3.63, 3.8) is 0 Å². The van der Waals surface area contributed by atoms with Crippen molar-refractivity contribution in [3.05, 3.63) is 143 Å². The maximum absolute atomic E-state index is 14.4. The van der Waals surface area contributed by atoms with E-state index in [-0.39, 0.29) is 5.56 Å². The smallest absolute Gasteiger partial charge is 0.129 e. The molecule has 0 spiro atoms. The van der Waals surface area contributed by atoms with Crippen LogP contribution in [0.1, 0.15) is 54.0 Å². The molecule has 0 aliphatic heterocycles. The van der Waals surface area contributed by atoms with E-state index >= 15 is 0 Å². The lowest BCUT2D eigenvalue weighted by atomic mass is 9.92. The third-order valence-corrected chi connectivity index (χ3v) is 6.85. The summed E-state index contributed by atoms with van der Waals surface area (Å²) < 4.78 is 28.9. The van der Waals surface area contributed by atoms with Crippen molar-refractivity contribution in [1.29, 1.82) is 0 Å². The van der Waals surface area contributed by atoms with Gasteiger partial charge in [-0.05, 0) is 90.5 Å². The number of hydrogen-bond acceptors (Lipinski definition) is 0. The van der Waals surface area contributed by atoms with Gasteiger partial charge >= 0.3 is 0 Å². The van der Waals surface area contributed by atoms with Crippen molar-refractivity contribution in [3.8, 4) is 11.1 Å². The van der Waals surface area contributed by atoms with Crippen molar-refractivity contribution >= 4 is 0 Å². The number of aryl methyl sites for hydroxylation is 2. The summed E-state index contributed by atoms with van der Waals surface area (Å²) in [5.74, 6) is -0.398. The Hall–Kier alpha value is -3.52. The third kappa shape index (κ3) is 6.79. The third-order valence-electron chi connectivity index (χ3n) is 6.85. The first-order valence-corrected chi connectivity index (χ1v) is 12.8. The summed E-state index contributed by atoms with van der Waals surface area (Å²) in [6, 6.07) is 30.9. The van der Waals surface area contributed by atoms with Gasteiger partial charge in [-0.1, -0.05) is 97.9 Å². The van der Waals surface area contributed by atoms with Gasteiger partial charge in [0.25, 0.3) is 0 Å². The van der Waals surface area contributed by atoms with E-state index in [9.17, 15) is 8.78 Å². The molecule has 0 N–H and O–H groups in total. The fraction of sp³-hybridized carbons (Fsp3) is 0.235. The van der Waals surface area contributed by atoms with Gasteiger partial charge in [-0.25, -0.2) is 8.78 Å². The van der Waals surface area contributed by atoms with Crippen LogP contribution < -0.4 is 0 Å². The van der Waals surface area contributed by atoms with Gasteiger partial charge in [-0.3, -0.25) is 0 Å². The van der Waals surface area contributed by atoms with Gasteiger partial charge in [0.15, 0.2) is 0 Å². The minimum absolute atomic E-state index is 0.182. The lowest BCUT2D eigenvalue weighted by Crippen LogP contribution is -2.00. The Labute approximate surface area is 214 Å². The molecule has 4 aromatic rings. The monoisotopic (exact) mass is 480 g/mol. The van der Waals surface area contributed by atoms with Gasteiger partial charge in [0.2, 0.25) is 0 Å². The molecule has 0 saturated carbocycles. The van der Waals surface area contributed by atoms with Crippen molar-refractivity contribution in [2.45, 2.75) is 51.9 Å². The summed E-state index contributed by atoms with van der Waals surface area (Å²) >= 11 is 0. The number of hydrogen-bond donors (Lipinski definition) is 0. The van der Waals surface area contributed by atoms with Gasteiger partial charge in [-0.15, -0.1) is 0 Å². The van der Waals surface area contributed by atoms with E-state index in [1.54, 1.807) is 0 Å². The van der Waals surface area contributed by atoms with Crippen LogP contribution in [0.2, 0.25) is 0 Å². The van der Waals surface area contributed by atoms with E-state index in [1.807, 2.05) is 19.1 Å². The van der Waals surface area contributed by atoms with E-state index in [4.69, 9.17) is 0 Å². The quantitative estimate of drug-likeness (QED) is 0.198. The average Bonchev–Trinajstić information content (AvgIpc) is 2.90. The second-order valence-corrected chi connectivity index (χ2v) is 9.56. The Kier molecular flexibility index (Phi) is 8.84. The molecule has 4 aromatic carbocycles. The summed E-state index contributed by atoms with van der Waals surface area (Å²) in [7, 11) is 0. The van der Waals surface area contributed by atoms with E-state index in [0.29, 0.717) is 30.7 Å². The highest BCUT2D eigenvalue weighted by Gasteiger charge is 2.11. The maximum Gasteiger partial charge on any atom is 0.129 e. The summed E-state index contributed by atoms with van der Waals surface area (Å²) in [4.78, 5) is 0. The predicted molar refractivity (Wildman–Crippen MR) is 147 cm³/mol. The number of benzene rings is 4. The molecule has 0 radical (unpaired) electrons. The van der Waals surface area contributed by atoms with Crippen LogP contribution in [0.15, 0.2) is 103 Å². The predicted octanol–water partition coefficient (Wildman–Crippen LogP) is 9.27. The van der Waals surface area contributed by atoms with Crippen LogP contribution in [-0.4, -0.2) is 0 Å². The zero-order chi connectivity index (χ0) is 25.3. The fourth-order valence-electron chi connectivity index (χ4n) is 4.67. The highest BCUT2D eigenvalue weighted by Crippen LogP contribution is 2.25. The van der Waals surface area contributed by atoms with Crippen molar-refractivity contribution in [2.24, 2.45) is 0 Å². The number of allylic oxidation sites excluding steroid dienone is 2. The molecule has 0 amide bonds. The van der Waals surface area contributed by atoms with Crippen LogP contribution in [-0.2, 0) is 25.7 Å². The summed E-state index contributed by atoms with van der Waals surface area (Å²) in [5, 5.41) is 0. The highest BCUT2D eigenvalue weighted by molar-refractivity contribution is 5.64. The molecular weight excluding hydrogens is 446 g/mol. The Bertz CT molecular complexity index is 1250. The van der Waals surface area contributed by atoms with Crippen molar-refractivity contribution in [1.82, 2.24) is 0 Å². The normalized spacial score (nSPS) is 12.2. The molecule has 1 atom stereocenters. The molecule has 0 bridgehead atoms. The summed E-state index contributed by atoms with van der Waals surface area (Å²) in [6.45, 7) is 4.18. The van der Waals surface area contributed by atoms with Gasteiger partial charge in [0.1, 0.15) is 11.6 Å². The first kappa shape index (κ1) is 25.6. The average molecular weight is 481 g/mol. The molecule has 36 heavy (non-hydrogen) atoms. The zero-order valence-electron chi connectivity index (χ0n) is 21.2. The maximum atomic E-state index is 14.4. The van der Waals surface area contributed by atoms with Crippen molar-refractivity contribution in [2.75, 3.05) is 0 Å². The molecular formula is C34H34F2. The molecule has 0 aliphatic rings. The molecule has 2 heteroatoms. The van der Waals surface area contributed by atoms with Crippen LogP contribution in [0.5, 0.6) is 0 Å². The lowest BCUT2D eigenvalue weighted by molar-refractivity contribution is 0.552. The second-order valence-electron chi connectivity index (χ2n) is 9.56. The van der Waals surface area contributed by atoms with Crippen LogP contribution in [0.3, 0.4) is 0 Å². The van der Waals surface area contributed by atoms with Crippen LogP contribution >= 0.6 is 0 Å². The Balaban J connectivity index is 1.34. The summed E-state index contributed by atoms with van der Waals surface area (Å²) in [6.07, 6.45) is 7.23. The van der Waals surface area contributed by atoms with Crippen LogP contribution in [0.25, 0.3) is 11.1 Å². The van der Waals surface area contributed by atoms with Gasteiger partial charge in [-0.2, -0.15) is 0 Å². The van der Waals surface area contributed by atoms with E-state index in [1.165, 1.54) is 34.4 Å². The lowest BCUT2D eigenvalue weighted by Gasteiger charge is -2.12. The first-order valence-electron chi connectivity index (χ1n) is 12.8. The minimum atomic E-state index is -0.438. The zero-order valence-corrected chi connectivity index (χ0v) is 21.2. The first-order chi connectivity index (χ1) is 17.5. The molecule has 0 nitrogen and oxygen atoms in total. The molecule has 4 rings (SSSR count). The SMILES string of the molecule is C/C=C/CCc1c(F)cc(CCc2ccc(-c3ccc(C[C@H](C)c4ccccc4)cc3)cc2)cc1F. The van der Waals surface area contributed by atoms with Crippen LogP contribution in [0.4, 0.5) is 8.78 Å².